The number of nitrogens with zero attached hydrogens (tertiary/aromatic N) is 3. The van der Waals surface area contributed by atoms with E-state index in [0.717, 1.165) is 37.2 Å². The molecule has 0 bridgehead atoms. The van der Waals surface area contributed by atoms with Crippen molar-refractivity contribution in [2.75, 3.05) is 32.7 Å². The number of aromatic nitrogens is 1. The first kappa shape index (κ1) is 17.3. The highest BCUT2D eigenvalue weighted by atomic mass is 16.3. The van der Waals surface area contributed by atoms with Crippen molar-refractivity contribution in [3.05, 3.63) is 29.6 Å². The molecule has 0 saturated carbocycles. The molecule has 1 aromatic rings. The molecule has 2 N–H and O–H groups in total. The summed E-state index contributed by atoms with van der Waals surface area (Å²) in [7, 11) is 0. The van der Waals surface area contributed by atoms with Crippen LogP contribution in [0.4, 0.5) is 0 Å². The van der Waals surface area contributed by atoms with E-state index in [9.17, 15) is 4.79 Å². The average Bonchev–Trinajstić information content (AvgIpc) is 3.27. The molecule has 6 nitrogen and oxygen atoms in total. The van der Waals surface area contributed by atoms with Gasteiger partial charge in [0.2, 0.25) is 5.91 Å². The van der Waals surface area contributed by atoms with Crippen molar-refractivity contribution < 1.29 is 9.90 Å². The van der Waals surface area contributed by atoms with E-state index in [4.69, 9.17) is 5.11 Å². The van der Waals surface area contributed by atoms with Gasteiger partial charge >= 0.3 is 0 Å². The van der Waals surface area contributed by atoms with Crippen LogP contribution in [0.1, 0.15) is 36.9 Å². The Kier molecular flexibility index (Phi) is 6.18. The van der Waals surface area contributed by atoms with Crippen molar-refractivity contribution in [1.82, 2.24) is 20.1 Å². The third-order valence-electron chi connectivity index (χ3n) is 5.01. The second kappa shape index (κ2) is 8.55. The van der Waals surface area contributed by atoms with Gasteiger partial charge in [0.25, 0.3) is 0 Å². The molecule has 3 rings (SSSR count). The largest absolute Gasteiger partial charge is 0.392 e. The van der Waals surface area contributed by atoms with Crippen molar-refractivity contribution in [2.24, 2.45) is 0 Å². The number of amides is 1. The highest BCUT2D eigenvalue weighted by Gasteiger charge is 2.30. The van der Waals surface area contributed by atoms with Crippen molar-refractivity contribution >= 4 is 5.91 Å². The van der Waals surface area contributed by atoms with Gasteiger partial charge in [0.1, 0.15) is 0 Å². The second-order valence-electron chi connectivity index (χ2n) is 6.81. The van der Waals surface area contributed by atoms with Gasteiger partial charge in [-0.2, -0.15) is 0 Å². The highest BCUT2D eigenvalue weighted by molar-refractivity contribution is 5.78. The molecule has 6 heteroatoms. The van der Waals surface area contributed by atoms with Gasteiger partial charge in [-0.1, -0.05) is 0 Å². The summed E-state index contributed by atoms with van der Waals surface area (Å²) in [4.78, 5) is 21.3. The van der Waals surface area contributed by atoms with Gasteiger partial charge < -0.3 is 20.2 Å². The highest BCUT2D eigenvalue weighted by Crippen LogP contribution is 2.20. The fourth-order valence-corrected chi connectivity index (χ4v) is 3.74. The van der Waals surface area contributed by atoms with Gasteiger partial charge in [0.05, 0.1) is 18.8 Å². The Morgan fingerprint density at radius 2 is 2.12 bits per heavy atom. The standard InChI is InChI=1S/C18H28N4O2/c23-14-15-5-6-20-16(10-15)11-19-12-18(24)22-9-3-4-17(22)13-21-7-1-2-8-21/h5-6,10,17,19,23H,1-4,7-9,11-14H2/t17-/m1/s1. The second-order valence-corrected chi connectivity index (χ2v) is 6.81. The summed E-state index contributed by atoms with van der Waals surface area (Å²) >= 11 is 0. The molecule has 132 valence electrons. The summed E-state index contributed by atoms with van der Waals surface area (Å²) < 4.78 is 0. The Hall–Kier alpha value is -1.50. The molecule has 0 spiro atoms. The first-order valence-electron chi connectivity index (χ1n) is 9.03. The lowest BCUT2D eigenvalue weighted by Crippen LogP contribution is -2.45. The maximum atomic E-state index is 12.5. The summed E-state index contributed by atoms with van der Waals surface area (Å²) in [6, 6.07) is 4.04. The van der Waals surface area contributed by atoms with Crippen LogP contribution in [0.25, 0.3) is 0 Å². The van der Waals surface area contributed by atoms with Crippen LogP contribution in [-0.2, 0) is 17.9 Å². The molecule has 2 fully saturated rings. The van der Waals surface area contributed by atoms with Gasteiger partial charge in [0, 0.05) is 31.9 Å². The molecule has 3 heterocycles. The quantitative estimate of drug-likeness (QED) is 0.771. The Labute approximate surface area is 143 Å². The Morgan fingerprint density at radius 3 is 2.92 bits per heavy atom. The van der Waals surface area contributed by atoms with E-state index in [0.29, 0.717) is 19.1 Å². The van der Waals surface area contributed by atoms with Crippen LogP contribution in [0.15, 0.2) is 18.3 Å². The summed E-state index contributed by atoms with van der Waals surface area (Å²) in [6.45, 7) is 5.20. The number of hydrogen-bond donors (Lipinski definition) is 2. The predicted octanol–water partition coefficient (Wildman–Crippen LogP) is 0.750. The molecular weight excluding hydrogens is 304 g/mol. The molecule has 24 heavy (non-hydrogen) atoms. The Morgan fingerprint density at radius 1 is 1.29 bits per heavy atom. The van der Waals surface area contributed by atoms with Gasteiger partial charge in [0.15, 0.2) is 0 Å². The van der Waals surface area contributed by atoms with Crippen molar-refractivity contribution in [3.63, 3.8) is 0 Å². The number of likely N-dealkylation sites (tertiary alicyclic amines) is 2. The zero-order valence-corrected chi connectivity index (χ0v) is 14.3. The van der Waals surface area contributed by atoms with Gasteiger partial charge in [-0.25, -0.2) is 0 Å². The summed E-state index contributed by atoms with van der Waals surface area (Å²) in [5, 5.41) is 12.3. The van der Waals surface area contributed by atoms with Gasteiger partial charge in [-0.15, -0.1) is 0 Å². The lowest BCUT2D eigenvalue weighted by Gasteiger charge is -2.28. The molecular formula is C18H28N4O2. The zero-order valence-electron chi connectivity index (χ0n) is 14.3. The number of aliphatic hydroxyl groups excluding tert-OH is 1. The number of hydrogen-bond acceptors (Lipinski definition) is 5. The molecule has 0 aromatic carbocycles. The van der Waals surface area contributed by atoms with Crippen LogP contribution in [0.3, 0.4) is 0 Å². The minimum absolute atomic E-state index is 0.0143. The van der Waals surface area contributed by atoms with Crippen LogP contribution in [0, 0.1) is 0 Å². The zero-order chi connectivity index (χ0) is 16.8. The third-order valence-corrected chi connectivity index (χ3v) is 5.01. The number of carbonyl (C=O) groups is 1. The van der Waals surface area contributed by atoms with Crippen LogP contribution in [-0.4, -0.2) is 64.6 Å². The fraction of sp³-hybridized carbons (Fsp3) is 0.667. The van der Waals surface area contributed by atoms with Crippen molar-refractivity contribution in [1.29, 1.82) is 0 Å². The van der Waals surface area contributed by atoms with E-state index >= 15 is 0 Å². The monoisotopic (exact) mass is 332 g/mol. The number of pyridine rings is 1. The van der Waals surface area contributed by atoms with E-state index in [-0.39, 0.29) is 12.5 Å². The molecule has 2 aliphatic heterocycles. The summed E-state index contributed by atoms with van der Waals surface area (Å²) in [5.41, 5.74) is 1.70. The maximum absolute atomic E-state index is 12.5. The van der Waals surface area contributed by atoms with Crippen LogP contribution in [0.5, 0.6) is 0 Å². The molecule has 0 aliphatic carbocycles. The van der Waals surface area contributed by atoms with Crippen LogP contribution in [0.2, 0.25) is 0 Å². The first-order valence-corrected chi connectivity index (χ1v) is 9.03. The molecule has 1 atom stereocenters. The van der Waals surface area contributed by atoms with E-state index in [1.807, 2.05) is 6.07 Å². The van der Waals surface area contributed by atoms with E-state index in [1.54, 1.807) is 12.3 Å². The SMILES string of the molecule is O=C(CNCc1cc(CO)ccn1)N1CCC[C@@H]1CN1CCCC1. The smallest absolute Gasteiger partial charge is 0.236 e. The minimum Gasteiger partial charge on any atom is -0.392 e. The average molecular weight is 332 g/mol. The van der Waals surface area contributed by atoms with E-state index < -0.39 is 0 Å². The number of nitrogens with one attached hydrogen (secondary N) is 1. The molecule has 2 aliphatic rings. The van der Waals surface area contributed by atoms with E-state index in [2.05, 4.69) is 20.1 Å². The van der Waals surface area contributed by atoms with E-state index in [1.165, 1.54) is 25.9 Å². The number of rotatable bonds is 7. The van der Waals surface area contributed by atoms with Gasteiger partial charge in [-0.3, -0.25) is 9.78 Å². The topological polar surface area (TPSA) is 68.7 Å². The third kappa shape index (κ3) is 4.53. The number of aliphatic hydroxyl groups is 1. The molecule has 2 saturated heterocycles. The van der Waals surface area contributed by atoms with Crippen molar-refractivity contribution in [3.8, 4) is 0 Å². The minimum atomic E-state index is 0.0143. The summed E-state index contributed by atoms with van der Waals surface area (Å²) in [6.07, 6.45) is 6.52. The van der Waals surface area contributed by atoms with Gasteiger partial charge in [-0.05, 0) is 56.5 Å². The summed E-state index contributed by atoms with van der Waals surface area (Å²) in [5.74, 6) is 0.190. The normalized spacial score (nSPS) is 21.5. The van der Waals surface area contributed by atoms with Crippen LogP contribution < -0.4 is 5.32 Å². The Bertz CT molecular complexity index is 546. The Balaban J connectivity index is 1.45. The lowest BCUT2D eigenvalue weighted by molar-refractivity contribution is -0.131. The fourth-order valence-electron chi connectivity index (χ4n) is 3.74. The first-order chi connectivity index (χ1) is 11.8. The molecule has 0 radical (unpaired) electrons. The molecule has 1 aromatic heterocycles. The lowest BCUT2D eigenvalue weighted by atomic mass is 10.2. The molecule has 0 unspecified atom stereocenters. The van der Waals surface area contributed by atoms with Crippen molar-refractivity contribution in [2.45, 2.75) is 44.9 Å². The number of carbonyl (C=O) groups excluding carboxylic acids is 1. The van der Waals surface area contributed by atoms with Crippen LogP contribution >= 0.6 is 0 Å². The predicted molar refractivity (Wildman–Crippen MR) is 92.3 cm³/mol. The molecule has 1 amide bonds. The maximum Gasteiger partial charge on any atom is 0.236 e.